The quantitative estimate of drug-likeness (QED) is 0.915. The highest BCUT2D eigenvalue weighted by molar-refractivity contribution is 5.79. The van der Waals surface area contributed by atoms with Gasteiger partial charge >= 0.3 is 0 Å². The Morgan fingerprint density at radius 2 is 2.20 bits per heavy atom. The Kier molecular flexibility index (Phi) is 5.01. The normalized spacial score (nSPS) is 19.2. The zero-order chi connectivity index (χ0) is 14.5. The second-order valence-electron chi connectivity index (χ2n) is 5.59. The van der Waals surface area contributed by atoms with Crippen LogP contribution in [0.2, 0.25) is 0 Å². The summed E-state index contributed by atoms with van der Waals surface area (Å²) in [5.41, 5.74) is 0.909. The van der Waals surface area contributed by atoms with E-state index in [0.29, 0.717) is 13.0 Å². The van der Waals surface area contributed by atoms with Gasteiger partial charge in [-0.1, -0.05) is 18.2 Å². The van der Waals surface area contributed by atoms with Crippen molar-refractivity contribution < 1.29 is 14.6 Å². The third kappa shape index (κ3) is 3.97. The van der Waals surface area contributed by atoms with Crippen LogP contribution < -0.4 is 4.74 Å². The lowest BCUT2D eigenvalue weighted by Crippen LogP contribution is -2.42. The Hall–Kier alpha value is -1.55. The lowest BCUT2D eigenvalue weighted by molar-refractivity contribution is -0.133. The van der Waals surface area contributed by atoms with Gasteiger partial charge in [0.15, 0.2) is 0 Å². The lowest BCUT2D eigenvalue weighted by atomic mass is 10.1. The van der Waals surface area contributed by atoms with Gasteiger partial charge in [-0.15, -0.1) is 0 Å². The first-order chi connectivity index (χ1) is 9.56. The van der Waals surface area contributed by atoms with E-state index in [1.54, 1.807) is 4.90 Å². The average molecular weight is 277 g/mol. The maximum atomic E-state index is 12.3. The maximum absolute atomic E-state index is 12.3. The monoisotopic (exact) mass is 277 g/mol. The third-order valence-corrected chi connectivity index (χ3v) is 3.43. The van der Waals surface area contributed by atoms with Gasteiger partial charge in [-0.25, -0.2) is 0 Å². The van der Waals surface area contributed by atoms with Crippen molar-refractivity contribution in [3.8, 4) is 5.75 Å². The SMILES string of the molecule is CC(C)Oc1ccccc1CC(=O)N1CCCC(O)C1. The number of amides is 1. The summed E-state index contributed by atoms with van der Waals surface area (Å²) in [6, 6.07) is 7.65. The number of aliphatic hydroxyl groups is 1. The second kappa shape index (κ2) is 6.75. The smallest absolute Gasteiger partial charge is 0.227 e. The molecule has 1 N–H and O–H groups in total. The van der Waals surface area contributed by atoms with E-state index in [0.717, 1.165) is 30.7 Å². The number of nitrogens with zero attached hydrogens (tertiary/aromatic N) is 1. The van der Waals surface area contributed by atoms with Crippen molar-refractivity contribution in [3.05, 3.63) is 29.8 Å². The van der Waals surface area contributed by atoms with Crippen LogP contribution in [0.1, 0.15) is 32.3 Å². The number of carbonyl (C=O) groups is 1. The van der Waals surface area contributed by atoms with Crippen molar-refractivity contribution >= 4 is 5.91 Å². The molecule has 1 amide bonds. The van der Waals surface area contributed by atoms with Crippen molar-refractivity contribution in [2.75, 3.05) is 13.1 Å². The standard InChI is InChI=1S/C16H23NO3/c1-12(2)20-15-8-4-3-6-13(15)10-16(19)17-9-5-7-14(18)11-17/h3-4,6,8,12,14,18H,5,7,9-11H2,1-2H3. The zero-order valence-electron chi connectivity index (χ0n) is 12.2. The minimum Gasteiger partial charge on any atom is -0.491 e. The lowest BCUT2D eigenvalue weighted by Gasteiger charge is -2.30. The summed E-state index contributed by atoms with van der Waals surface area (Å²) in [6.45, 7) is 5.13. The minimum atomic E-state index is -0.380. The van der Waals surface area contributed by atoms with Gasteiger partial charge in [0, 0.05) is 18.7 Å². The number of piperidine rings is 1. The number of aliphatic hydroxyl groups excluding tert-OH is 1. The molecule has 4 heteroatoms. The van der Waals surface area contributed by atoms with Gasteiger partial charge in [0.25, 0.3) is 0 Å². The molecule has 1 unspecified atom stereocenters. The van der Waals surface area contributed by atoms with E-state index in [2.05, 4.69) is 0 Å². The van der Waals surface area contributed by atoms with Crippen molar-refractivity contribution in [1.82, 2.24) is 4.90 Å². The van der Waals surface area contributed by atoms with E-state index in [1.807, 2.05) is 38.1 Å². The van der Waals surface area contributed by atoms with Crippen LogP contribution in [0.3, 0.4) is 0 Å². The van der Waals surface area contributed by atoms with Crippen LogP contribution in [-0.2, 0) is 11.2 Å². The number of benzene rings is 1. The molecular formula is C16H23NO3. The second-order valence-corrected chi connectivity index (χ2v) is 5.59. The van der Waals surface area contributed by atoms with Crippen molar-refractivity contribution in [3.63, 3.8) is 0 Å². The van der Waals surface area contributed by atoms with Crippen LogP contribution in [-0.4, -0.2) is 41.2 Å². The first kappa shape index (κ1) is 14.9. The molecule has 110 valence electrons. The fourth-order valence-electron chi connectivity index (χ4n) is 2.47. The number of hydrogen-bond donors (Lipinski definition) is 1. The number of ether oxygens (including phenoxy) is 1. The van der Waals surface area contributed by atoms with Gasteiger partial charge in [-0.05, 0) is 32.8 Å². The molecule has 4 nitrogen and oxygen atoms in total. The summed E-state index contributed by atoms with van der Waals surface area (Å²) in [5.74, 6) is 0.831. The Balaban J connectivity index is 2.03. The van der Waals surface area contributed by atoms with Gasteiger partial charge in [-0.2, -0.15) is 0 Å². The summed E-state index contributed by atoms with van der Waals surface area (Å²) in [7, 11) is 0. The third-order valence-electron chi connectivity index (χ3n) is 3.43. The molecule has 1 atom stereocenters. The van der Waals surface area contributed by atoms with Gasteiger partial charge in [0.2, 0.25) is 5.91 Å². The topological polar surface area (TPSA) is 49.8 Å². The molecule has 0 aromatic heterocycles. The summed E-state index contributed by atoms with van der Waals surface area (Å²) in [5, 5.41) is 9.65. The van der Waals surface area contributed by atoms with E-state index in [9.17, 15) is 9.90 Å². The number of hydrogen-bond acceptors (Lipinski definition) is 3. The predicted molar refractivity (Wildman–Crippen MR) is 77.7 cm³/mol. The number of β-amino-alcohol motifs (C(OH)–C–C–N with tert-alkyl or cyclic N) is 1. The fraction of sp³-hybridized carbons (Fsp3) is 0.562. The molecule has 1 aliphatic rings. The predicted octanol–water partition coefficient (Wildman–Crippen LogP) is 2.00. The van der Waals surface area contributed by atoms with Crippen molar-refractivity contribution in [1.29, 1.82) is 0 Å². The number of carbonyl (C=O) groups excluding carboxylic acids is 1. The molecule has 20 heavy (non-hydrogen) atoms. The molecule has 2 rings (SSSR count). The van der Waals surface area contributed by atoms with E-state index in [1.165, 1.54) is 0 Å². The summed E-state index contributed by atoms with van der Waals surface area (Å²) in [6.07, 6.45) is 1.70. The highest BCUT2D eigenvalue weighted by Gasteiger charge is 2.22. The van der Waals surface area contributed by atoms with Gasteiger partial charge < -0.3 is 14.7 Å². The van der Waals surface area contributed by atoms with Gasteiger partial charge in [0.1, 0.15) is 5.75 Å². The number of para-hydroxylation sites is 1. The van der Waals surface area contributed by atoms with E-state index in [4.69, 9.17) is 4.74 Å². The Labute approximate surface area is 120 Å². The number of rotatable bonds is 4. The molecule has 0 radical (unpaired) electrons. The van der Waals surface area contributed by atoms with Crippen LogP contribution in [0.15, 0.2) is 24.3 Å². The molecule has 1 aromatic rings. The molecule has 0 aliphatic carbocycles. The summed E-state index contributed by atoms with van der Waals surface area (Å²) < 4.78 is 5.73. The van der Waals surface area contributed by atoms with E-state index < -0.39 is 0 Å². The molecule has 1 saturated heterocycles. The van der Waals surface area contributed by atoms with Crippen LogP contribution in [0, 0.1) is 0 Å². The molecule has 1 aromatic carbocycles. The molecule has 0 spiro atoms. The van der Waals surface area contributed by atoms with Crippen LogP contribution in [0.5, 0.6) is 5.75 Å². The fourth-order valence-corrected chi connectivity index (χ4v) is 2.47. The van der Waals surface area contributed by atoms with Gasteiger partial charge in [-0.3, -0.25) is 4.79 Å². The molecule has 0 saturated carbocycles. The largest absolute Gasteiger partial charge is 0.491 e. The van der Waals surface area contributed by atoms with Gasteiger partial charge in [0.05, 0.1) is 18.6 Å². The minimum absolute atomic E-state index is 0.0588. The molecular weight excluding hydrogens is 254 g/mol. The first-order valence-corrected chi connectivity index (χ1v) is 7.26. The highest BCUT2D eigenvalue weighted by Crippen LogP contribution is 2.21. The zero-order valence-corrected chi connectivity index (χ0v) is 12.2. The number of likely N-dealkylation sites (tertiary alicyclic amines) is 1. The van der Waals surface area contributed by atoms with Crippen LogP contribution in [0.4, 0.5) is 0 Å². The van der Waals surface area contributed by atoms with Crippen LogP contribution >= 0.6 is 0 Å². The molecule has 1 heterocycles. The maximum Gasteiger partial charge on any atom is 0.227 e. The molecule has 1 fully saturated rings. The van der Waals surface area contributed by atoms with Crippen molar-refractivity contribution in [2.24, 2.45) is 0 Å². The Morgan fingerprint density at radius 1 is 1.45 bits per heavy atom. The highest BCUT2D eigenvalue weighted by atomic mass is 16.5. The first-order valence-electron chi connectivity index (χ1n) is 7.26. The van der Waals surface area contributed by atoms with E-state index in [-0.39, 0.29) is 18.1 Å². The molecule has 1 aliphatic heterocycles. The average Bonchev–Trinajstić information content (AvgIpc) is 2.40. The van der Waals surface area contributed by atoms with Crippen LogP contribution in [0.25, 0.3) is 0 Å². The Bertz CT molecular complexity index is 459. The summed E-state index contributed by atoms with van der Waals surface area (Å²) in [4.78, 5) is 14.1. The Morgan fingerprint density at radius 3 is 2.90 bits per heavy atom. The summed E-state index contributed by atoms with van der Waals surface area (Å²) >= 11 is 0. The molecule has 0 bridgehead atoms. The van der Waals surface area contributed by atoms with E-state index >= 15 is 0 Å². The van der Waals surface area contributed by atoms with Crippen molar-refractivity contribution in [2.45, 2.75) is 45.3 Å².